The number of Topliss-reactive ketones (excluding diaryl/α,β-unsaturated/α-hetero) is 1. The van der Waals surface area contributed by atoms with Crippen molar-refractivity contribution in [2.45, 2.75) is 32.2 Å². The zero-order valence-corrected chi connectivity index (χ0v) is 14.8. The van der Waals surface area contributed by atoms with Gasteiger partial charge < -0.3 is 4.57 Å². The maximum absolute atomic E-state index is 12.7. The monoisotopic (exact) mass is 348 g/mol. The van der Waals surface area contributed by atoms with Gasteiger partial charge in [-0.3, -0.25) is 10.2 Å². The van der Waals surface area contributed by atoms with Crippen LogP contribution in [0.2, 0.25) is 0 Å². The van der Waals surface area contributed by atoms with E-state index in [1.54, 1.807) is 0 Å². The van der Waals surface area contributed by atoms with Crippen LogP contribution in [0, 0.1) is 5.41 Å². The van der Waals surface area contributed by atoms with Crippen molar-refractivity contribution in [2.24, 2.45) is 0 Å². The van der Waals surface area contributed by atoms with Gasteiger partial charge in [-0.25, -0.2) is 0 Å². The molecule has 0 unspecified atom stereocenters. The van der Waals surface area contributed by atoms with Crippen LogP contribution in [0.15, 0.2) is 54.6 Å². The fourth-order valence-corrected chi connectivity index (χ4v) is 4.53. The van der Waals surface area contributed by atoms with Crippen LogP contribution in [-0.2, 0) is 19.4 Å². The van der Waals surface area contributed by atoms with Crippen molar-refractivity contribution in [1.82, 2.24) is 4.57 Å². The number of carbonyl (C=O) groups excluding carboxylic acids is 1. The number of nitrogens with one attached hydrogen (secondary N) is 1. The predicted octanol–water partition coefficient (Wildman–Crippen LogP) is 4.46. The summed E-state index contributed by atoms with van der Waals surface area (Å²) in [5.74, 6) is 0.0734. The third kappa shape index (κ3) is 3.22. The van der Waals surface area contributed by atoms with Crippen molar-refractivity contribution in [3.05, 3.63) is 75.5 Å². The quantitative estimate of drug-likeness (QED) is 0.695. The topological polar surface area (TPSA) is 45.9 Å². The summed E-state index contributed by atoms with van der Waals surface area (Å²) in [5, 5.41) is 8.20. The molecule has 1 N–H and O–H groups in total. The van der Waals surface area contributed by atoms with Gasteiger partial charge >= 0.3 is 0 Å². The second-order valence-electron chi connectivity index (χ2n) is 6.44. The zero-order chi connectivity index (χ0) is 17.2. The van der Waals surface area contributed by atoms with Crippen LogP contribution in [0.4, 0.5) is 0 Å². The molecular weight excluding hydrogens is 328 g/mol. The molecule has 0 fully saturated rings. The summed E-state index contributed by atoms with van der Waals surface area (Å²) in [6.45, 7) is 0.273. The standard InChI is InChI=1S/C21H20N2OS/c22-21-23(18-8-4-5-9-20(18)25-21)14-19(24)17-12-10-16(11-13-17)15-6-2-1-3-7-15/h1-3,6-7,10-13,22H,4-5,8-9,14H2. The first-order valence-corrected chi connectivity index (χ1v) is 9.49. The van der Waals surface area contributed by atoms with Gasteiger partial charge in [0.25, 0.3) is 0 Å². The molecule has 0 saturated heterocycles. The number of aryl methyl sites for hydroxylation is 1. The number of benzene rings is 2. The number of nitrogens with zero attached hydrogens (tertiary/aromatic N) is 1. The van der Waals surface area contributed by atoms with Gasteiger partial charge in [-0.2, -0.15) is 0 Å². The van der Waals surface area contributed by atoms with Gasteiger partial charge in [-0.05, 0) is 36.8 Å². The van der Waals surface area contributed by atoms with Crippen molar-refractivity contribution in [3.63, 3.8) is 0 Å². The van der Waals surface area contributed by atoms with Crippen LogP contribution in [-0.4, -0.2) is 10.4 Å². The molecule has 0 radical (unpaired) electrons. The molecule has 3 aromatic rings. The minimum absolute atomic E-state index is 0.0734. The highest BCUT2D eigenvalue weighted by molar-refractivity contribution is 7.09. The van der Waals surface area contributed by atoms with E-state index >= 15 is 0 Å². The summed E-state index contributed by atoms with van der Waals surface area (Å²) in [6, 6.07) is 17.9. The number of hydrogen-bond acceptors (Lipinski definition) is 3. The van der Waals surface area contributed by atoms with Crippen molar-refractivity contribution >= 4 is 17.1 Å². The van der Waals surface area contributed by atoms with Gasteiger partial charge in [0.05, 0.1) is 6.54 Å². The Bertz CT molecular complexity index is 952. The number of carbonyl (C=O) groups is 1. The maximum atomic E-state index is 12.7. The van der Waals surface area contributed by atoms with Crippen LogP contribution in [0.3, 0.4) is 0 Å². The molecule has 3 nitrogen and oxygen atoms in total. The molecule has 0 atom stereocenters. The van der Waals surface area contributed by atoms with Gasteiger partial charge in [0, 0.05) is 16.1 Å². The molecule has 2 aromatic carbocycles. The van der Waals surface area contributed by atoms with Gasteiger partial charge in [-0.15, -0.1) is 11.3 Å². The Morgan fingerprint density at radius 2 is 1.64 bits per heavy atom. The van der Waals surface area contributed by atoms with Gasteiger partial charge in [-0.1, -0.05) is 54.6 Å². The van der Waals surface area contributed by atoms with E-state index in [4.69, 9.17) is 5.41 Å². The lowest BCUT2D eigenvalue weighted by Crippen LogP contribution is -2.22. The summed E-state index contributed by atoms with van der Waals surface area (Å²) in [6.07, 6.45) is 4.40. The molecule has 25 heavy (non-hydrogen) atoms. The third-order valence-electron chi connectivity index (χ3n) is 4.80. The predicted molar refractivity (Wildman–Crippen MR) is 101 cm³/mol. The first-order chi connectivity index (χ1) is 12.2. The van der Waals surface area contributed by atoms with E-state index in [2.05, 4.69) is 12.1 Å². The van der Waals surface area contributed by atoms with Crippen molar-refractivity contribution in [3.8, 4) is 11.1 Å². The highest BCUT2D eigenvalue weighted by Gasteiger charge is 2.18. The van der Waals surface area contributed by atoms with E-state index in [-0.39, 0.29) is 12.3 Å². The van der Waals surface area contributed by atoms with Crippen molar-refractivity contribution < 1.29 is 4.79 Å². The summed E-state index contributed by atoms with van der Waals surface area (Å²) in [4.78, 5) is 14.5. The Balaban J connectivity index is 1.56. The highest BCUT2D eigenvalue weighted by Crippen LogP contribution is 2.24. The fourth-order valence-electron chi connectivity index (χ4n) is 3.43. The van der Waals surface area contributed by atoms with E-state index in [0.717, 1.165) is 30.4 Å². The third-order valence-corrected chi connectivity index (χ3v) is 5.90. The molecule has 0 bridgehead atoms. The second kappa shape index (κ2) is 6.81. The molecule has 1 heterocycles. The minimum Gasteiger partial charge on any atom is -0.313 e. The molecular formula is C21H20N2OS. The average Bonchev–Trinajstić information content (AvgIpc) is 2.98. The summed E-state index contributed by atoms with van der Waals surface area (Å²) in [5.41, 5.74) is 4.17. The Morgan fingerprint density at radius 1 is 0.960 bits per heavy atom. The van der Waals surface area contributed by atoms with Crippen LogP contribution >= 0.6 is 11.3 Å². The Labute approximate surface area is 151 Å². The van der Waals surface area contributed by atoms with Crippen molar-refractivity contribution in [2.75, 3.05) is 0 Å². The van der Waals surface area contributed by atoms with Gasteiger partial charge in [0.1, 0.15) is 0 Å². The number of thiazole rings is 1. The summed E-state index contributed by atoms with van der Waals surface area (Å²) >= 11 is 1.53. The van der Waals surface area contributed by atoms with Crippen LogP contribution in [0.1, 0.15) is 33.8 Å². The van der Waals surface area contributed by atoms with Crippen LogP contribution < -0.4 is 4.80 Å². The lowest BCUT2D eigenvalue weighted by molar-refractivity contribution is 0.0969. The van der Waals surface area contributed by atoms with E-state index in [0.29, 0.717) is 10.4 Å². The molecule has 0 aliphatic heterocycles. The largest absolute Gasteiger partial charge is 0.313 e. The zero-order valence-electron chi connectivity index (χ0n) is 14.0. The average molecular weight is 348 g/mol. The number of aromatic nitrogens is 1. The Morgan fingerprint density at radius 3 is 2.40 bits per heavy atom. The SMILES string of the molecule is N=c1sc2c(n1CC(=O)c1ccc(-c3ccccc3)cc1)CCCC2. The number of hydrogen-bond donors (Lipinski definition) is 1. The fraction of sp³-hybridized carbons (Fsp3) is 0.238. The smallest absolute Gasteiger partial charge is 0.182 e. The van der Waals surface area contributed by atoms with E-state index in [1.165, 1.54) is 28.3 Å². The Kier molecular flexibility index (Phi) is 4.36. The van der Waals surface area contributed by atoms with Crippen LogP contribution in [0.5, 0.6) is 0 Å². The molecule has 0 spiro atoms. The van der Waals surface area contributed by atoms with E-state index < -0.39 is 0 Å². The molecule has 126 valence electrons. The molecule has 1 aromatic heterocycles. The van der Waals surface area contributed by atoms with Gasteiger partial charge in [0.2, 0.25) is 0 Å². The second-order valence-corrected chi connectivity index (χ2v) is 7.52. The molecule has 0 saturated carbocycles. The summed E-state index contributed by atoms with van der Waals surface area (Å²) < 4.78 is 1.91. The molecule has 4 rings (SSSR count). The number of ketones is 1. The molecule has 1 aliphatic rings. The first kappa shape index (κ1) is 16.0. The Hall–Kier alpha value is -2.46. The number of fused-ring (bicyclic) bond motifs is 1. The minimum atomic E-state index is 0.0734. The maximum Gasteiger partial charge on any atom is 0.182 e. The molecule has 0 amide bonds. The first-order valence-electron chi connectivity index (χ1n) is 8.67. The summed E-state index contributed by atoms with van der Waals surface area (Å²) in [7, 11) is 0. The molecule has 4 heteroatoms. The lowest BCUT2D eigenvalue weighted by atomic mass is 10.0. The van der Waals surface area contributed by atoms with E-state index in [1.807, 2.05) is 47.0 Å². The van der Waals surface area contributed by atoms with E-state index in [9.17, 15) is 4.79 Å². The number of rotatable bonds is 4. The van der Waals surface area contributed by atoms with Crippen molar-refractivity contribution in [1.29, 1.82) is 5.41 Å². The van der Waals surface area contributed by atoms with Gasteiger partial charge in [0.15, 0.2) is 10.6 Å². The highest BCUT2D eigenvalue weighted by atomic mass is 32.1. The molecule has 1 aliphatic carbocycles. The van der Waals surface area contributed by atoms with Crippen LogP contribution in [0.25, 0.3) is 11.1 Å². The lowest BCUT2D eigenvalue weighted by Gasteiger charge is -2.14. The normalized spacial score (nSPS) is 13.4.